The number of pyridine rings is 1. The van der Waals surface area contributed by atoms with Crippen LogP contribution in [0.2, 0.25) is 0 Å². The summed E-state index contributed by atoms with van der Waals surface area (Å²) >= 11 is 1.71. The first kappa shape index (κ1) is 11.3. The minimum atomic E-state index is 0.240. The number of hydrogen-bond acceptors (Lipinski definition) is 4. The smallest absolute Gasteiger partial charge is 0.0419 e. The van der Waals surface area contributed by atoms with Gasteiger partial charge in [0.1, 0.15) is 0 Å². The number of nitrogens with zero attached hydrogens (tertiary/aromatic N) is 1. The summed E-state index contributed by atoms with van der Waals surface area (Å²) in [6.07, 6.45) is 3.61. The highest BCUT2D eigenvalue weighted by Crippen LogP contribution is 2.10. The third-order valence-electron chi connectivity index (χ3n) is 2.48. The Bertz CT molecular complexity index is 399. The predicted octanol–water partition coefficient (Wildman–Crippen LogP) is 1.76. The van der Waals surface area contributed by atoms with Crippen LogP contribution >= 0.6 is 11.3 Å². The first-order chi connectivity index (χ1) is 7.88. The lowest BCUT2D eigenvalue weighted by Crippen LogP contribution is -2.38. The Labute approximate surface area is 99.3 Å². The molecule has 2 aromatic rings. The van der Waals surface area contributed by atoms with Crippen LogP contribution in [0.5, 0.6) is 0 Å². The summed E-state index contributed by atoms with van der Waals surface area (Å²) in [6, 6.07) is 8.32. The second-order valence-electron chi connectivity index (χ2n) is 3.72. The van der Waals surface area contributed by atoms with E-state index >= 15 is 0 Å². The molecule has 0 bridgehead atoms. The maximum absolute atomic E-state index is 5.56. The largest absolute Gasteiger partial charge is 0.271 e. The van der Waals surface area contributed by atoms with Crippen molar-refractivity contribution in [3.05, 3.63) is 52.5 Å². The van der Waals surface area contributed by atoms with Crippen LogP contribution in [0.15, 0.2) is 41.2 Å². The lowest BCUT2D eigenvalue weighted by Gasteiger charge is -2.14. The fourth-order valence-electron chi connectivity index (χ4n) is 1.65. The Hall–Kier alpha value is -1.23. The highest BCUT2D eigenvalue weighted by Gasteiger charge is 2.09. The third-order valence-corrected chi connectivity index (χ3v) is 3.21. The van der Waals surface area contributed by atoms with E-state index in [1.807, 2.05) is 24.4 Å². The van der Waals surface area contributed by atoms with Crippen molar-refractivity contribution in [2.45, 2.75) is 18.9 Å². The van der Waals surface area contributed by atoms with Gasteiger partial charge in [0.2, 0.25) is 0 Å². The molecule has 0 saturated carbocycles. The van der Waals surface area contributed by atoms with E-state index in [4.69, 9.17) is 5.84 Å². The number of nitrogens with one attached hydrogen (secondary N) is 1. The van der Waals surface area contributed by atoms with Gasteiger partial charge in [-0.15, -0.1) is 0 Å². The predicted molar refractivity (Wildman–Crippen MR) is 67.1 cm³/mol. The lowest BCUT2D eigenvalue weighted by molar-refractivity contribution is 0.518. The minimum Gasteiger partial charge on any atom is -0.271 e. The van der Waals surface area contributed by atoms with Crippen molar-refractivity contribution in [3.8, 4) is 0 Å². The van der Waals surface area contributed by atoms with E-state index in [0.29, 0.717) is 0 Å². The van der Waals surface area contributed by atoms with Crippen LogP contribution in [0.4, 0.5) is 0 Å². The molecule has 1 unspecified atom stereocenters. The standard InChI is InChI=1S/C12H15N3S/c13-15-12(7-10-4-6-16-9-10)8-11-3-1-2-5-14-11/h1-6,9,12,15H,7-8,13H2. The van der Waals surface area contributed by atoms with Gasteiger partial charge in [0, 0.05) is 24.4 Å². The van der Waals surface area contributed by atoms with Gasteiger partial charge in [0.05, 0.1) is 0 Å². The molecular weight excluding hydrogens is 218 g/mol. The zero-order chi connectivity index (χ0) is 11.2. The number of hydrogen-bond donors (Lipinski definition) is 2. The van der Waals surface area contributed by atoms with Gasteiger partial charge in [-0.1, -0.05) is 6.07 Å². The molecule has 2 aromatic heterocycles. The Morgan fingerprint density at radius 3 is 2.88 bits per heavy atom. The van der Waals surface area contributed by atoms with Crippen molar-refractivity contribution < 1.29 is 0 Å². The van der Waals surface area contributed by atoms with Gasteiger partial charge in [-0.2, -0.15) is 11.3 Å². The van der Waals surface area contributed by atoms with Crippen LogP contribution in [0.1, 0.15) is 11.3 Å². The van der Waals surface area contributed by atoms with Gasteiger partial charge in [0.25, 0.3) is 0 Å². The molecule has 16 heavy (non-hydrogen) atoms. The summed E-state index contributed by atoms with van der Waals surface area (Å²) in [7, 11) is 0. The van der Waals surface area contributed by atoms with E-state index < -0.39 is 0 Å². The minimum absolute atomic E-state index is 0.240. The zero-order valence-corrected chi connectivity index (χ0v) is 9.78. The van der Waals surface area contributed by atoms with Crippen molar-refractivity contribution in [2.24, 2.45) is 5.84 Å². The molecule has 0 spiro atoms. The SMILES string of the molecule is NNC(Cc1ccsc1)Cc1ccccn1. The zero-order valence-electron chi connectivity index (χ0n) is 8.97. The first-order valence-electron chi connectivity index (χ1n) is 5.25. The van der Waals surface area contributed by atoms with E-state index in [-0.39, 0.29) is 6.04 Å². The summed E-state index contributed by atoms with van der Waals surface area (Å²) in [6.45, 7) is 0. The van der Waals surface area contributed by atoms with E-state index in [1.165, 1.54) is 5.56 Å². The highest BCUT2D eigenvalue weighted by atomic mass is 32.1. The Morgan fingerprint density at radius 2 is 2.25 bits per heavy atom. The fourth-order valence-corrected chi connectivity index (χ4v) is 2.34. The Kier molecular flexibility index (Phi) is 4.04. The summed E-state index contributed by atoms with van der Waals surface area (Å²) < 4.78 is 0. The molecule has 0 aromatic carbocycles. The molecule has 1 atom stereocenters. The monoisotopic (exact) mass is 233 g/mol. The van der Waals surface area contributed by atoms with Crippen molar-refractivity contribution in [3.63, 3.8) is 0 Å². The molecule has 0 amide bonds. The van der Waals surface area contributed by atoms with Crippen molar-refractivity contribution in [1.29, 1.82) is 0 Å². The molecule has 0 aliphatic rings. The van der Waals surface area contributed by atoms with Gasteiger partial charge < -0.3 is 0 Å². The summed E-state index contributed by atoms with van der Waals surface area (Å²) in [5.41, 5.74) is 5.25. The maximum atomic E-state index is 5.56. The number of rotatable bonds is 5. The average molecular weight is 233 g/mol. The maximum Gasteiger partial charge on any atom is 0.0419 e. The highest BCUT2D eigenvalue weighted by molar-refractivity contribution is 7.07. The molecule has 3 nitrogen and oxygen atoms in total. The van der Waals surface area contributed by atoms with Crippen LogP contribution in [-0.4, -0.2) is 11.0 Å². The molecule has 2 heterocycles. The quantitative estimate of drug-likeness (QED) is 0.611. The van der Waals surface area contributed by atoms with Gasteiger partial charge in [-0.3, -0.25) is 16.3 Å². The molecule has 84 valence electrons. The molecule has 2 rings (SSSR count). The number of thiophene rings is 1. The van der Waals surface area contributed by atoms with Crippen molar-refractivity contribution in [1.82, 2.24) is 10.4 Å². The van der Waals surface area contributed by atoms with Gasteiger partial charge in [-0.25, -0.2) is 0 Å². The second-order valence-corrected chi connectivity index (χ2v) is 4.50. The summed E-state index contributed by atoms with van der Waals surface area (Å²) in [5.74, 6) is 5.56. The first-order valence-corrected chi connectivity index (χ1v) is 6.20. The van der Waals surface area contributed by atoms with E-state index in [2.05, 4.69) is 27.2 Å². The van der Waals surface area contributed by atoms with E-state index in [1.54, 1.807) is 11.3 Å². The number of hydrazine groups is 1. The molecular formula is C12H15N3S. The molecule has 4 heteroatoms. The third kappa shape index (κ3) is 3.13. The molecule has 0 radical (unpaired) electrons. The fraction of sp³-hybridized carbons (Fsp3) is 0.250. The van der Waals surface area contributed by atoms with Crippen LogP contribution in [0.3, 0.4) is 0 Å². The molecule has 0 fully saturated rings. The Morgan fingerprint density at radius 1 is 1.31 bits per heavy atom. The van der Waals surface area contributed by atoms with Crippen LogP contribution in [0.25, 0.3) is 0 Å². The van der Waals surface area contributed by atoms with Crippen molar-refractivity contribution in [2.75, 3.05) is 0 Å². The van der Waals surface area contributed by atoms with E-state index in [9.17, 15) is 0 Å². The number of nitrogens with two attached hydrogens (primary N) is 1. The molecule has 0 aliphatic heterocycles. The topological polar surface area (TPSA) is 50.9 Å². The average Bonchev–Trinajstić information content (AvgIpc) is 2.82. The Balaban J connectivity index is 1.96. The molecule has 3 N–H and O–H groups in total. The number of aromatic nitrogens is 1. The van der Waals surface area contributed by atoms with Crippen LogP contribution < -0.4 is 11.3 Å². The van der Waals surface area contributed by atoms with Crippen LogP contribution in [-0.2, 0) is 12.8 Å². The van der Waals surface area contributed by atoms with Gasteiger partial charge in [0.15, 0.2) is 0 Å². The molecule has 0 saturated heterocycles. The van der Waals surface area contributed by atoms with Gasteiger partial charge >= 0.3 is 0 Å². The summed E-state index contributed by atoms with van der Waals surface area (Å²) in [4.78, 5) is 4.30. The second kappa shape index (κ2) is 5.75. The van der Waals surface area contributed by atoms with Crippen molar-refractivity contribution >= 4 is 11.3 Å². The summed E-state index contributed by atoms with van der Waals surface area (Å²) in [5, 5.41) is 4.24. The van der Waals surface area contributed by atoms with E-state index in [0.717, 1.165) is 18.5 Å². The molecule has 0 aliphatic carbocycles. The lowest BCUT2D eigenvalue weighted by atomic mass is 10.0. The van der Waals surface area contributed by atoms with Gasteiger partial charge in [-0.05, 0) is 40.9 Å². The normalized spacial score (nSPS) is 12.6. The van der Waals surface area contributed by atoms with Crippen LogP contribution in [0, 0.1) is 0 Å².